The van der Waals surface area contributed by atoms with E-state index in [1.807, 2.05) is 0 Å². The lowest BCUT2D eigenvalue weighted by Crippen LogP contribution is -2.37. The van der Waals surface area contributed by atoms with E-state index in [-0.39, 0.29) is 18.2 Å². The molecule has 0 heterocycles. The first-order valence-corrected chi connectivity index (χ1v) is 5.29. The molecular formula is C12H18N2O3. The lowest BCUT2D eigenvalue weighted by molar-refractivity contribution is -0.123. The van der Waals surface area contributed by atoms with Gasteiger partial charge in [-0.1, -0.05) is 0 Å². The number of aromatic hydroxyl groups is 1. The van der Waals surface area contributed by atoms with Crippen molar-refractivity contribution in [2.24, 2.45) is 11.1 Å². The van der Waals surface area contributed by atoms with E-state index in [0.29, 0.717) is 11.4 Å². The van der Waals surface area contributed by atoms with Gasteiger partial charge in [0.25, 0.3) is 0 Å². The molecule has 0 atom stereocenters. The van der Waals surface area contributed by atoms with E-state index in [4.69, 9.17) is 10.5 Å². The van der Waals surface area contributed by atoms with Crippen LogP contribution in [0.3, 0.4) is 0 Å². The van der Waals surface area contributed by atoms with Gasteiger partial charge in [-0.3, -0.25) is 4.79 Å². The number of nitrogens with two attached hydrogens (primary N) is 1. The van der Waals surface area contributed by atoms with Gasteiger partial charge in [0.05, 0.1) is 18.2 Å². The summed E-state index contributed by atoms with van der Waals surface area (Å²) in [6, 6.07) is 4.63. The molecule has 0 saturated heterocycles. The summed E-state index contributed by atoms with van der Waals surface area (Å²) in [6.45, 7) is 3.70. The maximum absolute atomic E-state index is 11.9. The molecule has 17 heavy (non-hydrogen) atoms. The number of hydrogen-bond acceptors (Lipinski definition) is 4. The van der Waals surface area contributed by atoms with Gasteiger partial charge in [-0.2, -0.15) is 0 Å². The van der Waals surface area contributed by atoms with Crippen molar-refractivity contribution in [3.05, 3.63) is 18.2 Å². The first kappa shape index (κ1) is 13.3. The van der Waals surface area contributed by atoms with Crippen LogP contribution in [0.5, 0.6) is 11.5 Å². The molecule has 5 heteroatoms. The second-order valence-electron chi connectivity index (χ2n) is 4.43. The Morgan fingerprint density at radius 1 is 1.53 bits per heavy atom. The van der Waals surface area contributed by atoms with Gasteiger partial charge in [-0.25, -0.2) is 0 Å². The van der Waals surface area contributed by atoms with Gasteiger partial charge in [-0.15, -0.1) is 0 Å². The predicted molar refractivity (Wildman–Crippen MR) is 66.1 cm³/mol. The summed E-state index contributed by atoms with van der Waals surface area (Å²) >= 11 is 0. The van der Waals surface area contributed by atoms with Crippen LogP contribution in [0.15, 0.2) is 18.2 Å². The molecule has 1 amide bonds. The quantitative estimate of drug-likeness (QED) is 0.691. The number of ether oxygens (including phenoxy) is 1. The maximum atomic E-state index is 11.9. The Labute approximate surface area is 101 Å². The third kappa shape index (κ3) is 3.10. The topological polar surface area (TPSA) is 84.6 Å². The van der Waals surface area contributed by atoms with Crippen molar-refractivity contribution >= 4 is 11.6 Å². The third-order valence-corrected chi connectivity index (χ3v) is 2.58. The molecule has 0 aliphatic heterocycles. The van der Waals surface area contributed by atoms with Crippen molar-refractivity contribution in [3.63, 3.8) is 0 Å². The fourth-order valence-electron chi connectivity index (χ4n) is 1.13. The van der Waals surface area contributed by atoms with Crippen LogP contribution in [0.2, 0.25) is 0 Å². The summed E-state index contributed by atoms with van der Waals surface area (Å²) < 4.78 is 5.02. The van der Waals surface area contributed by atoms with Crippen molar-refractivity contribution in [2.45, 2.75) is 13.8 Å². The van der Waals surface area contributed by atoms with E-state index < -0.39 is 5.41 Å². The molecule has 94 valence electrons. The third-order valence-electron chi connectivity index (χ3n) is 2.58. The summed E-state index contributed by atoms with van der Waals surface area (Å²) in [5, 5.41) is 12.2. The van der Waals surface area contributed by atoms with Crippen molar-refractivity contribution in [1.29, 1.82) is 0 Å². The summed E-state index contributed by atoms with van der Waals surface area (Å²) in [7, 11) is 1.52. The largest absolute Gasteiger partial charge is 0.506 e. The minimum atomic E-state index is -0.685. The number of carbonyl (C=O) groups excluding carboxylic acids is 1. The molecule has 0 aromatic heterocycles. The summed E-state index contributed by atoms with van der Waals surface area (Å²) in [5.74, 6) is 0.305. The number of hydrogen-bond donors (Lipinski definition) is 3. The molecular weight excluding hydrogens is 220 g/mol. The van der Waals surface area contributed by atoms with Crippen molar-refractivity contribution in [1.82, 2.24) is 0 Å². The number of rotatable bonds is 4. The zero-order valence-electron chi connectivity index (χ0n) is 10.3. The fraction of sp³-hybridized carbons (Fsp3) is 0.417. The predicted octanol–water partition coefficient (Wildman–Crippen LogP) is 1.32. The number of methoxy groups -OCH3 is 1. The van der Waals surface area contributed by atoms with Gasteiger partial charge in [0.2, 0.25) is 5.91 Å². The van der Waals surface area contributed by atoms with Crippen LogP contribution < -0.4 is 15.8 Å². The second kappa shape index (κ2) is 5.05. The smallest absolute Gasteiger partial charge is 0.231 e. The van der Waals surface area contributed by atoms with Crippen molar-refractivity contribution in [2.75, 3.05) is 19.0 Å². The molecule has 1 rings (SSSR count). The van der Waals surface area contributed by atoms with E-state index in [1.165, 1.54) is 13.2 Å². The van der Waals surface area contributed by atoms with E-state index in [1.54, 1.807) is 26.0 Å². The van der Waals surface area contributed by atoms with Crippen LogP contribution in [-0.4, -0.2) is 24.7 Å². The Balaban J connectivity index is 2.91. The van der Waals surface area contributed by atoms with Gasteiger partial charge in [-0.05, 0) is 26.0 Å². The Hall–Kier alpha value is -1.75. The first-order valence-electron chi connectivity index (χ1n) is 5.29. The number of amides is 1. The molecule has 0 spiro atoms. The van der Waals surface area contributed by atoms with Crippen molar-refractivity contribution < 1.29 is 14.6 Å². The molecule has 0 aliphatic rings. The molecule has 0 unspecified atom stereocenters. The van der Waals surface area contributed by atoms with Crippen LogP contribution >= 0.6 is 0 Å². The highest BCUT2D eigenvalue weighted by atomic mass is 16.5. The molecule has 1 aromatic carbocycles. The SMILES string of the molecule is COc1ccc(O)c(NC(=O)C(C)(C)CN)c1. The van der Waals surface area contributed by atoms with Crippen LogP contribution in [0.1, 0.15) is 13.8 Å². The lowest BCUT2D eigenvalue weighted by atomic mass is 9.92. The minimum Gasteiger partial charge on any atom is -0.506 e. The molecule has 1 aromatic rings. The number of phenolic OH excluding ortho intramolecular Hbond substituents is 1. The maximum Gasteiger partial charge on any atom is 0.231 e. The van der Waals surface area contributed by atoms with Crippen LogP contribution in [0, 0.1) is 5.41 Å². The molecule has 0 saturated carbocycles. The number of anilines is 1. The van der Waals surface area contributed by atoms with Gasteiger partial charge in [0.15, 0.2) is 0 Å². The normalized spacial score (nSPS) is 11.1. The van der Waals surface area contributed by atoms with E-state index >= 15 is 0 Å². The van der Waals surface area contributed by atoms with Crippen LogP contribution in [0.25, 0.3) is 0 Å². The fourth-order valence-corrected chi connectivity index (χ4v) is 1.13. The highest BCUT2D eigenvalue weighted by molar-refractivity contribution is 5.96. The average Bonchev–Trinajstić information content (AvgIpc) is 2.31. The van der Waals surface area contributed by atoms with E-state index in [9.17, 15) is 9.90 Å². The second-order valence-corrected chi connectivity index (χ2v) is 4.43. The Bertz CT molecular complexity index is 416. The Morgan fingerprint density at radius 3 is 2.71 bits per heavy atom. The zero-order chi connectivity index (χ0) is 13.1. The summed E-state index contributed by atoms with van der Waals surface area (Å²) in [6.07, 6.45) is 0. The van der Waals surface area contributed by atoms with Gasteiger partial charge in [0, 0.05) is 12.6 Å². The summed E-state index contributed by atoms with van der Waals surface area (Å²) in [4.78, 5) is 11.9. The number of carbonyl (C=O) groups is 1. The van der Waals surface area contributed by atoms with Crippen LogP contribution in [0.4, 0.5) is 5.69 Å². The molecule has 0 radical (unpaired) electrons. The lowest BCUT2D eigenvalue weighted by Gasteiger charge is -2.21. The van der Waals surface area contributed by atoms with Gasteiger partial charge >= 0.3 is 0 Å². The highest BCUT2D eigenvalue weighted by Gasteiger charge is 2.26. The first-order chi connectivity index (χ1) is 7.90. The van der Waals surface area contributed by atoms with E-state index in [0.717, 1.165) is 0 Å². The van der Waals surface area contributed by atoms with Crippen molar-refractivity contribution in [3.8, 4) is 11.5 Å². The standard InChI is InChI=1S/C12H18N2O3/c1-12(2,7-13)11(16)14-9-6-8(17-3)4-5-10(9)15/h4-6,15H,7,13H2,1-3H3,(H,14,16). The number of nitrogens with one attached hydrogen (secondary N) is 1. The highest BCUT2D eigenvalue weighted by Crippen LogP contribution is 2.29. The monoisotopic (exact) mass is 238 g/mol. The van der Waals surface area contributed by atoms with Crippen LogP contribution in [-0.2, 0) is 4.79 Å². The Kier molecular flexibility index (Phi) is 3.96. The minimum absolute atomic E-state index is 0.00743. The Morgan fingerprint density at radius 2 is 2.18 bits per heavy atom. The van der Waals surface area contributed by atoms with E-state index in [2.05, 4.69) is 5.32 Å². The average molecular weight is 238 g/mol. The molecule has 0 fully saturated rings. The van der Waals surface area contributed by atoms with Gasteiger partial charge in [0.1, 0.15) is 11.5 Å². The number of benzene rings is 1. The number of phenols is 1. The molecule has 0 aliphatic carbocycles. The zero-order valence-corrected chi connectivity index (χ0v) is 10.3. The molecule has 5 nitrogen and oxygen atoms in total. The van der Waals surface area contributed by atoms with Gasteiger partial charge < -0.3 is 20.9 Å². The molecule has 0 bridgehead atoms. The summed E-state index contributed by atoms with van der Waals surface area (Å²) in [5.41, 5.74) is 5.14. The molecule has 4 N–H and O–H groups in total.